The van der Waals surface area contributed by atoms with Gasteiger partial charge in [0.25, 0.3) is 0 Å². The zero-order valence-corrected chi connectivity index (χ0v) is 12.4. The van der Waals surface area contributed by atoms with Gasteiger partial charge in [0.15, 0.2) is 10.1 Å². The third-order valence-electron chi connectivity index (χ3n) is 3.03. The number of rotatable bonds is 3. The van der Waals surface area contributed by atoms with Crippen LogP contribution in [-0.2, 0) is 11.2 Å². The maximum Gasteiger partial charge on any atom is 0.232 e. The van der Waals surface area contributed by atoms with Crippen LogP contribution < -0.4 is 5.32 Å². The van der Waals surface area contributed by atoms with E-state index in [9.17, 15) is 4.79 Å². The molecule has 1 N–H and O–H groups in total. The number of benzene rings is 1. The molecular formula is C14H10N4OS2. The van der Waals surface area contributed by atoms with E-state index >= 15 is 0 Å². The minimum atomic E-state index is -0.0974. The number of carbonyl (C=O) groups is 1. The Balaban J connectivity index is 1.51. The van der Waals surface area contributed by atoms with Crippen molar-refractivity contribution in [1.29, 1.82) is 0 Å². The molecule has 0 atom stereocenters. The summed E-state index contributed by atoms with van der Waals surface area (Å²) in [5.74, 6) is -0.0974. The second kappa shape index (κ2) is 4.94. The first-order valence-electron chi connectivity index (χ1n) is 6.34. The molecule has 5 nitrogen and oxygen atoms in total. The van der Waals surface area contributed by atoms with Gasteiger partial charge in [0.05, 0.1) is 22.3 Å². The van der Waals surface area contributed by atoms with Gasteiger partial charge >= 0.3 is 0 Å². The Bertz CT molecular complexity index is 875. The molecule has 0 unspecified atom stereocenters. The quantitative estimate of drug-likeness (QED) is 0.632. The maximum atomic E-state index is 12.1. The molecule has 1 amide bonds. The van der Waals surface area contributed by atoms with E-state index in [0.717, 1.165) is 20.9 Å². The molecule has 0 saturated carbocycles. The molecular weight excluding hydrogens is 304 g/mol. The smallest absolute Gasteiger partial charge is 0.232 e. The summed E-state index contributed by atoms with van der Waals surface area (Å²) in [5.41, 5.74) is 1.67. The number of fused-ring (bicyclic) bond motifs is 2. The van der Waals surface area contributed by atoms with Crippen LogP contribution in [0.5, 0.6) is 0 Å². The fourth-order valence-electron chi connectivity index (χ4n) is 2.11. The number of anilines is 1. The normalized spacial score (nSPS) is 11.2. The second-order valence-electron chi connectivity index (χ2n) is 4.54. The third-order valence-corrected chi connectivity index (χ3v) is 4.75. The highest BCUT2D eigenvalue weighted by molar-refractivity contribution is 7.22. The molecule has 0 aliphatic heterocycles. The molecule has 4 aromatic rings. The van der Waals surface area contributed by atoms with Gasteiger partial charge in [-0.25, -0.2) is 9.97 Å². The molecule has 3 heterocycles. The number of nitrogens with one attached hydrogen (secondary N) is 1. The number of amides is 1. The Morgan fingerprint density at radius 3 is 3.05 bits per heavy atom. The zero-order chi connectivity index (χ0) is 14.2. The summed E-state index contributed by atoms with van der Waals surface area (Å²) in [7, 11) is 0. The Labute approximate surface area is 127 Å². The number of nitrogens with zero attached hydrogens (tertiary/aromatic N) is 3. The summed E-state index contributed by atoms with van der Waals surface area (Å²) in [4.78, 5) is 21.8. The lowest BCUT2D eigenvalue weighted by molar-refractivity contribution is -0.115. The Morgan fingerprint density at radius 2 is 2.19 bits per heavy atom. The van der Waals surface area contributed by atoms with E-state index < -0.39 is 0 Å². The van der Waals surface area contributed by atoms with Crippen LogP contribution in [-0.4, -0.2) is 20.3 Å². The zero-order valence-electron chi connectivity index (χ0n) is 10.8. The topological polar surface area (TPSA) is 59.3 Å². The molecule has 1 aromatic carbocycles. The average molecular weight is 314 g/mol. The highest BCUT2D eigenvalue weighted by atomic mass is 32.1. The standard InChI is InChI=1S/C14H10N4OS2/c19-12(7-9-8-18-5-6-20-14(18)15-9)17-13-16-10-3-1-2-4-11(10)21-13/h1-6,8H,7H2,(H,16,17,19). The van der Waals surface area contributed by atoms with E-state index in [4.69, 9.17) is 0 Å². The van der Waals surface area contributed by atoms with Gasteiger partial charge in [-0.1, -0.05) is 23.5 Å². The Morgan fingerprint density at radius 1 is 1.29 bits per heavy atom. The minimum Gasteiger partial charge on any atom is -0.302 e. The molecule has 0 saturated heterocycles. The van der Waals surface area contributed by atoms with Crippen LogP contribution in [0.15, 0.2) is 42.0 Å². The first-order chi connectivity index (χ1) is 10.3. The van der Waals surface area contributed by atoms with Gasteiger partial charge in [-0.3, -0.25) is 9.20 Å². The third kappa shape index (κ3) is 2.41. The van der Waals surface area contributed by atoms with Gasteiger partial charge < -0.3 is 5.32 Å². The fourth-order valence-corrected chi connectivity index (χ4v) is 3.72. The average Bonchev–Trinajstić information content (AvgIpc) is 3.11. The van der Waals surface area contributed by atoms with Gasteiger partial charge in [-0.05, 0) is 12.1 Å². The SMILES string of the molecule is O=C(Cc1cn2ccsc2n1)Nc1nc2ccccc2s1. The largest absolute Gasteiger partial charge is 0.302 e. The van der Waals surface area contributed by atoms with Crippen LogP contribution in [0.3, 0.4) is 0 Å². The van der Waals surface area contributed by atoms with Crippen molar-refractivity contribution >= 4 is 48.9 Å². The lowest BCUT2D eigenvalue weighted by atomic mass is 10.3. The number of aromatic nitrogens is 3. The molecule has 21 heavy (non-hydrogen) atoms. The number of hydrogen-bond acceptors (Lipinski definition) is 5. The van der Waals surface area contributed by atoms with E-state index in [1.807, 2.05) is 46.4 Å². The van der Waals surface area contributed by atoms with E-state index in [0.29, 0.717) is 5.13 Å². The lowest BCUT2D eigenvalue weighted by Gasteiger charge is -1.98. The molecule has 4 rings (SSSR count). The highest BCUT2D eigenvalue weighted by Gasteiger charge is 2.11. The fraction of sp³-hybridized carbons (Fsp3) is 0.0714. The van der Waals surface area contributed by atoms with Crippen LogP contribution in [0.25, 0.3) is 15.2 Å². The molecule has 3 aromatic heterocycles. The summed E-state index contributed by atoms with van der Waals surface area (Å²) >= 11 is 3.03. The van der Waals surface area contributed by atoms with E-state index in [2.05, 4.69) is 15.3 Å². The summed E-state index contributed by atoms with van der Waals surface area (Å²) in [6.45, 7) is 0. The van der Waals surface area contributed by atoms with Crippen molar-refractivity contribution in [2.45, 2.75) is 6.42 Å². The van der Waals surface area contributed by atoms with Gasteiger partial charge in [0.2, 0.25) is 5.91 Å². The van der Waals surface area contributed by atoms with Crippen LogP contribution in [0.4, 0.5) is 5.13 Å². The van der Waals surface area contributed by atoms with Gasteiger partial charge in [-0.15, -0.1) is 11.3 Å². The second-order valence-corrected chi connectivity index (χ2v) is 6.44. The molecule has 0 fully saturated rings. The van der Waals surface area contributed by atoms with Gasteiger partial charge in [0, 0.05) is 17.8 Å². The van der Waals surface area contributed by atoms with E-state index in [1.54, 1.807) is 11.3 Å². The monoisotopic (exact) mass is 314 g/mol. The summed E-state index contributed by atoms with van der Waals surface area (Å²) < 4.78 is 2.99. The van der Waals surface area contributed by atoms with Crippen molar-refractivity contribution in [1.82, 2.24) is 14.4 Å². The summed E-state index contributed by atoms with van der Waals surface area (Å²) in [5, 5.41) is 5.43. The summed E-state index contributed by atoms with van der Waals surface area (Å²) in [6, 6.07) is 7.83. The first-order valence-corrected chi connectivity index (χ1v) is 8.04. The number of para-hydroxylation sites is 1. The lowest BCUT2D eigenvalue weighted by Crippen LogP contribution is -2.14. The van der Waals surface area contributed by atoms with E-state index in [1.165, 1.54) is 11.3 Å². The number of imidazole rings is 1. The Hall–Kier alpha value is -2.25. The van der Waals surface area contributed by atoms with Crippen molar-refractivity contribution in [3.05, 3.63) is 47.7 Å². The molecule has 104 valence electrons. The molecule has 0 spiro atoms. The van der Waals surface area contributed by atoms with Crippen molar-refractivity contribution in [3.63, 3.8) is 0 Å². The van der Waals surface area contributed by atoms with Crippen molar-refractivity contribution < 1.29 is 4.79 Å². The van der Waals surface area contributed by atoms with Crippen molar-refractivity contribution in [2.75, 3.05) is 5.32 Å². The molecule has 0 radical (unpaired) electrons. The molecule has 7 heteroatoms. The van der Waals surface area contributed by atoms with E-state index in [-0.39, 0.29) is 12.3 Å². The highest BCUT2D eigenvalue weighted by Crippen LogP contribution is 2.25. The predicted octanol–water partition coefficient (Wildman–Crippen LogP) is 3.19. The number of thiazole rings is 2. The van der Waals surface area contributed by atoms with Gasteiger partial charge in [0.1, 0.15) is 0 Å². The van der Waals surface area contributed by atoms with Gasteiger partial charge in [-0.2, -0.15) is 0 Å². The minimum absolute atomic E-state index is 0.0974. The predicted molar refractivity (Wildman–Crippen MR) is 85.0 cm³/mol. The maximum absolute atomic E-state index is 12.1. The summed E-state index contributed by atoms with van der Waals surface area (Å²) in [6.07, 6.45) is 4.07. The van der Waals surface area contributed by atoms with Crippen LogP contribution >= 0.6 is 22.7 Å². The van der Waals surface area contributed by atoms with Crippen molar-refractivity contribution in [3.8, 4) is 0 Å². The molecule has 0 bridgehead atoms. The Kier molecular flexibility index (Phi) is 2.94. The first kappa shape index (κ1) is 12.5. The van der Waals surface area contributed by atoms with Crippen molar-refractivity contribution in [2.24, 2.45) is 0 Å². The van der Waals surface area contributed by atoms with Crippen LogP contribution in [0.1, 0.15) is 5.69 Å². The molecule has 0 aliphatic rings. The number of carbonyl (C=O) groups excluding carboxylic acids is 1. The van der Waals surface area contributed by atoms with Crippen LogP contribution in [0, 0.1) is 0 Å². The van der Waals surface area contributed by atoms with Crippen LogP contribution in [0.2, 0.25) is 0 Å². The number of hydrogen-bond donors (Lipinski definition) is 1. The molecule has 0 aliphatic carbocycles.